The summed E-state index contributed by atoms with van der Waals surface area (Å²) in [5, 5.41) is 15.6. The Morgan fingerprint density at radius 1 is 0.952 bits per heavy atom. The molecule has 0 saturated carbocycles. The standard InChI is InChI=1S/C16H24N2O3/c1-3-5-10-17-15(20)12-8-7-9-13(14(12)19)16(21)18-11-6-4-2/h7-9,19H,3-6,10-11H2,1-2H3,(H,17,20)(H,18,21). The van der Waals surface area contributed by atoms with Gasteiger partial charge in [-0.25, -0.2) is 0 Å². The summed E-state index contributed by atoms with van der Waals surface area (Å²) in [5.74, 6) is -0.978. The summed E-state index contributed by atoms with van der Waals surface area (Å²) in [6, 6.07) is 4.63. The first-order valence-corrected chi connectivity index (χ1v) is 7.50. The number of rotatable bonds is 8. The van der Waals surface area contributed by atoms with E-state index in [9.17, 15) is 14.7 Å². The number of phenols is 1. The highest BCUT2D eigenvalue weighted by Gasteiger charge is 2.17. The van der Waals surface area contributed by atoms with Crippen LogP contribution in [-0.4, -0.2) is 30.0 Å². The van der Waals surface area contributed by atoms with Crippen LogP contribution >= 0.6 is 0 Å². The van der Waals surface area contributed by atoms with Crippen molar-refractivity contribution in [3.8, 4) is 5.75 Å². The minimum Gasteiger partial charge on any atom is -0.506 e. The van der Waals surface area contributed by atoms with Crippen LogP contribution in [0.3, 0.4) is 0 Å². The second kappa shape index (κ2) is 9.00. The van der Waals surface area contributed by atoms with Crippen LogP contribution in [0.15, 0.2) is 18.2 Å². The predicted molar refractivity (Wildman–Crippen MR) is 82.6 cm³/mol. The molecule has 0 atom stereocenters. The third kappa shape index (κ3) is 5.10. The molecule has 3 N–H and O–H groups in total. The van der Waals surface area contributed by atoms with Gasteiger partial charge in [0.2, 0.25) is 0 Å². The average Bonchev–Trinajstić information content (AvgIpc) is 2.47. The molecule has 0 bridgehead atoms. The minimum atomic E-state index is -0.357. The van der Waals surface area contributed by atoms with Gasteiger partial charge in [0.1, 0.15) is 5.75 Å². The SMILES string of the molecule is CCCCNC(=O)c1cccc(C(=O)NCCCC)c1O. The van der Waals surface area contributed by atoms with Crippen LogP contribution in [0.2, 0.25) is 0 Å². The Morgan fingerprint density at radius 3 is 1.76 bits per heavy atom. The summed E-state index contributed by atoms with van der Waals surface area (Å²) in [7, 11) is 0. The zero-order valence-electron chi connectivity index (χ0n) is 12.7. The van der Waals surface area contributed by atoms with Crippen molar-refractivity contribution in [2.75, 3.05) is 13.1 Å². The number of nitrogens with one attached hydrogen (secondary N) is 2. The lowest BCUT2D eigenvalue weighted by molar-refractivity contribution is 0.0948. The maximum Gasteiger partial charge on any atom is 0.255 e. The second-order valence-electron chi connectivity index (χ2n) is 4.92. The van der Waals surface area contributed by atoms with Crippen molar-refractivity contribution in [2.24, 2.45) is 0 Å². The van der Waals surface area contributed by atoms with Crippen molar-refractivity contribution >= 4 is 11.8 Å². The van der Waals surface area contributed by atoms with Crippen LogP contribution in [0.4, 0.5) is 0 Å². The Hall–Kier alpha value is -2.04. The molecule has 0 spiro atoms. The molecule has 116 valence electrons. The number of amides is 2. The van der Waals surface area contributed by atoms with E-state index in [0.717, 1.165) is 25.7 Å². The highest BCUT2D eigenvalue weighted by Crippen LogP contribution is 2.22. The number of unbranched alkanes of at least 4 members (excludes halogenated alkanes) is 2. The Kier molecular flexibility index (Phi) is 7.29. The van der Waals surface area contributed by atoms with Gasteiger partial charge in [-0.1, -0.05) is 32.8 Å². The summed E-state index contributed by atoms with van der Waals surface area (Å²) in [6.45, 7) is 5.18. The lowest BCUT2D eigenvalue weighted by atomic mass is 10.1. The maximum atomic E-state index is 12.0. The van der Waals surface area contributed by atoms with Crippen molar-refractivity contribution in [3.63, 3.8) is 0 Å². The van der Waals surface area contributed by atoms with E-state index >= 15 is 0 Å². The van der Waals surface area contributed by atoms with Gasteiger partial charge < -0.3 is 15.7 Å². The molecule has 0 fully saturated rings. The largest absolute Gasteiger partial charge is 0.506 e. The zero-order chi connectivity index (χ0) is 15.7. The molecule has 0 radical (unpaired) electrons. The first-order valence-electron chi connectivity index (χ1n) is 7.50. The number of hydrogen-bond donors (Lipinski definition) is 3. The first kappa shape index (κ1) is 17.0. The summed E-state index contributed by atoms with van der Waals surface area (Å²) in [6.07, 6.45) is 3.71. The fraction of sp³-hybridized carbons (Fsp3) is 0.500. The maximum absolute atomic E-state index is 12.0. The monoisotopic (exact) mass is 292 g/mol. The highest BCUT2D eigenvalue weighted by atomic mass is 16.3. The number of benzene rings is 1. The van der Waals surface area contributed by atoms with Crippen LogP contribution in [0, 0.1) is 0 Å². The van der Waals surface area contributed by atoms with E-state index in [1.54, 1.807) is 6.07 Å². The third-order valence-corrected chi connectivity index (χ3v) is 3.16. The van der Waals surface area contributed by atoms with Crippen LogP contribution in [0.5, 0.6) is 5.75 Å². The molecule has 0 aromatic heterocycles. The number of carbonyl (C=O) groups excluding carboxylic acids is 2. The number of aromatic hydroxyl groups is 1. The molecule has 0 heterocycles. The Labute approximate surface area is 125 Å². The zero-order valence-corrected chi connectivity index (χ0v) is 12.7. The third-order valence-electron chi connectivity index (χ3n) is 3.16. The molecular weight excluding hydrogens is 268 g/mol. The van der Waals surface area contributed by atoms with Gasteiger partial charge in [0.05, 0.1) is 11.1 Å². The predicted octanol–water partition coefficient (Wildman–Crippen LogP) is 2.45. The first-order chi connectivity index (χ1) is 10.1. The van der Waals surface area contributed by atoms with Gasteiger partial charge in [-0.3, -0.25) is 9.59 Å². The highest BCUT2D eigenvalue weighted by molar-refractivity contribution is 6.03. The summed E-state index contributed by atoms with van der Waals surface area (Å²) in [4.78, 5) is 23.9. The molecule has 5 heteroatoms. The molecule has 5 nitrogen and oxygen atoms in total. The smallest absolute Gasteiger partial charge is 0.255 e. The number of phenolic OH excluding ortho intramolecular Hbond substituents is 1. The molecule has 0 saturated heterocycles. The van der Waals surface area contributed by atoms with E-state index in [4.69, 9.17) is 0 Å². The van der Waals surface area contributed by atoms with E-state index in [0.29, 0.717) is 13.1 Å². The molecule has 1 rings (SSSR count). The number of para-hydroxylation sites is 1. The van der Waals surface area contributed by atoms with E-state index in [-0.39, 0.29) is 28.7 Å². The van der Waals surface area contributed by atoms with Crippen LogP contribution < -0.4 is 10.6 Å². The fourth-order valence-corrected chi connectivity index (χ4v) is 1.86. The topological polar surface area (TPSA) is 78.4 Å². The molecule has 1 aromatic rings. The molecular formula is C16H24N2O3. The number of hydrogen-bond acceptors (Lipinski definition) is 3. The molecule has 21 heavy (non-hydrogen) atoms. The summed E-state index contributed by atoms with van der Waals surface area (Å²) in [5.41, 5.74) is 0.267. The van der Waals surface area contributed by atoms with E-state index < -0.39 is 0 Å². The van der Waals surface area contributed by atoms with Crippen molar-refractivity contribution in [3.05, 3.63) is 29.3 Å². The quantitative estimate of drug-likeness (QED) is 0.644. The van der Waals surface area contributed by atoms with E-state index in [1.807, 2.05) is 13.8 Å². The van der Waals surface area contributed by atoms with Gasteiger partial charge in [-0.05, 0) is 25.0 Å². The lowest BCUT2D eigenvalue weighted by Gasteiger charge is -2.10. The molecule has 0 aliphatic rings. The van der Waals surface area contributed by atoms with E-state index in [1.165, 1.54) is 12.1 Å². The van der Waals surface area contributed by atoms with Crippen molar-refractivity contribution in [1.29, 1.82) is 0 Å². The van der Waals surface area contributed by atoms with Crippen molar-refractivity contribution in [1.82, 2.24) is 10.6 Å². The summed E-state index contributed by atoms with van der Waals surface area (Å²) < 4.78 is 0. The number of carbonyl (C=O) groups is 2. The summed E-state index contributed by atoms with van der Waals surface area (Å²) >= 11 is 0. The van der Waals surface area contributed by atoms with Crippen LogP contribution in [0.1, 0.15) is 60.2 Å². The Bertz CT molecular complexity index is 446. The van der Waals surface area contributed by atoms with Gasteiger partial charge in [-0.15, -0.1) is 0 Å². The van der Waals surface area contributed by atoms with Gasteiger partial charge in [-0.2, -0.15) is 0 Å². The van der Waals surface area contributed by atoms with E-state index in [2.05, 4.69) is 10.6 Å². The molecule has 0 aliphatic heterocycles. The van der Waals surface area contributed by atoms with Crippen molar-refractivity contribution in [2.45, 2.75) is 39.5 Å². The van der Waals surface area contributed by atoms with Gasteiger partial charge in [0, 0.05) is 13.1 Å². The van der Waals surface area contributed by atoms with Gasteiger partial charge in [0.25, 0.3) is 11.8 Å². The van der Waals surface area contributed by atoms with Crippen molar-refractivity contribution < 1.29 is 14.7 Å². The molecule has 0 unspecified atom stereocenters. The van der Waals surface area contributed by atoms with Gasteiger partial charge in [0.15, 0.2) is 0 Å². The molecule has 0 aliphatic carbocycles. The van der Waals surface area contributed by atoms with Gasteiger partial charge >= 0.3 is 0 Å². The molecule has 1 aromatic carbocycles. The fourth-order valence-electron chi connectivity index (χ4n) is 1.86. The normalized spacial score (nSPS) is 10.2. The minimum absolute atomic E-state index is 0.134. The lowest BCUT2D eigenvalue weighted by Crippen LogP contribution is -2.27. The second-order valence-corrected chi connectivity index (χ2v) is 4.92. The molecule has 2 amide bonds. The average molecular weight is 292 g/mol. The Balaban J connectivity index is 2.77. The van der Waals surface area contributed by atoms with Crippen LogP contribution in [-0.2, 0) is 0 Å². The van der Waals surface area contributed by atoms with Crippen LogP contribution in [0.25, 0.3) is 0 Å². The Morgan fingerprint density at radius 2 is 1.38 bits per heavy atom.